The van der Waals surface area contributed by atoms with Crippen LogP contribution in [-0.2, 0) is 15.9 Å². The van der Waals surface area contributed by atoms with E-state index >= 15 is 0 Å². The van der Waals surface area contributed by atoms with E-state index in [4.69, 9.17) is 19.1 Å². The van der Waals surface area contributed by atoms with Gasteiger partial charge in [0.2, 0.25) is 0 Å². The van der Waals surface area contributed by atoms with Crippen LogP contribution in [0.15, 0.2) is 84.9 Å². The van der Waals surface area contributed by atoms with Gasteiger partial charge in [-0.3, -0.25) is 0 Å². The summed E-state index contributed by atoms with van der Waals surface area (Å²) < 4.78 is 0. The second kappa shape index (κ2) is 12.7. The minimum absolute atomic E-state index is 0.106. The van der Waals surface area contributed by atoms with Gasteiger partial charge < -0.3 is 9.80 Å². The molecule has 1 heterocycles. The number of fused-ring (bicyclic) bond motifs is 1. The first kappa shape index (κ1) is 23.6. The molecule has 0 aromatic heterocycles. The van der Waals surface area contributed by atoms with Gasteiger partial charge in [0.1, 0.15) is 0 Å². The fourth-order valence-corrected chi connectivity index (χ4v) is 6.17. The Bertz CT molecular complexity index is 843. The second-order valence-corrected chi connectivity index (χ2v) is 11.7. The van der Waals surface area contributed by atoms with Crippen molar-refractivity contribution in [3.63, 3.8) is 0 Å². The molecule has 0 aliphatic carbocycles. The Morgan fingerprint density at radius 3 is 1.63 bits per heavy atom. The van der Waals surface area contributed by atoms with Crippen LogP contribution in [0.25, 0.3) is 0 Å². The predicted octanol–water partition coefficient (Wildman–Crippen LogP) is 6.19. The van der Waals surface area contributed by atoms with Gasteiger partial charge in [-0.1, -0.05) is 79.7 Å². The van der Waals surface area contributed by atoms with Crippen molar-refractivity contribution >= 4 is 49.0 Å². The summed E-state index contributed by atoms with van der Waals surface area (Å²) in [4.78, 5) is 5.08. The van der Waals surface area contributed by atoms with Crippen molar-refractivity contribution in [3.8, 4) is 0 Å². The maximum absolute atomic E-state index is 4.81. The van der Waals surface area contributed by atoms with Crippen LogP contribution in [0.3, 0.4) is 0 Å². The van der Waals surface area contributed by atoms with Gasteiger partial charge in [-0.15, -0.1) is 0 Å². The van der Waals surface area contributed by atoms with Gasteiger partial charge >= 0.3 is 35.0 Å². The summed E-state index contributed by atoms with van der Waals surface area (Å²) in [5, 5.41) is 2.94. The number of nitrogens with zero attached hydrogens (tertiary/aromatic N) is 2. The van der Waals surface area contributed by atoms with Crippen molar-refractivity contribution in [1.29, 1.82) is 0 Å². The van der Waals surface area contributed by atoms with Gasteiger partial charge in [0, 0.05) is 13.1 Å². The van der Waals surface area contributed by atoms with E-state index in [-0.39, 0.29) is 23.9 Å². The van der Waals surface area contributed by atoms with Crippen LogP contribution < -0.4 is 20.4 Å². The molecule has 3 aromatic rings. The van der Waals surface area contributed by atoms with Gasteiger partial charge in [0.25, 0.3) is 0 Å². The summed E-state index contributed by atoms with van der Waals surface area (Å²) >= 11 is -0.106. The first-order valence-corrected chi connectivity index (χ1v) is 15.6. The fraction of sp³-hybridized carbons (Fsp3) is 0.250. The van der Waals surface area contributed by atoms with Gasteiger partial charge in [-0.25, -0.2) is 0 Å². The molecule has 2 nitrogen and oxygen atoms in total. The van der Waals surface area contributed by atoms with Crippen molar-refractivity contribution in [1.82, 2.24) is 0 Å². The molecule has 0 radical (unpaired) electrons. The molecular weight excluding hydrogens is 525 g/mol. The van der Waals surface area contributed by atoms with E-state index in [1.54, 1.807) is 0 Å². The van der Waals surface area contributed by atoms with Crippen LogP contribution in [0.4, 0.5) is 11.4 Å². The van der Waals surface area contributed by atoms with E-state index in [1.807, 2.05) is 0 Å². The molecule has 0 amide bonds. The summed E-state index contributed by atoms with van der Waals surface area (Å²) in [6.07, 6.45) is 2.36. The molecule has 0 saturated carbocycles. The van der Waals surface area contributed by atoms with E-state index in [9.17, 15) is 0 Å². The fourth-order valence-electron chi connectivity index (χ4n) is 3.85. The van der Waals surface area contributed by atoms with Crippen LogP contribution >= 0.6 is 27.0 Å². The number of hydrogen-bond donors (Lipinski definition) is 0. The number of halogens is 2. The number of para-hydroxylation sites is 2. The maximum atomic E-state index is 4.81. The standard InChI is InChI=1S/C24H27N2P.2ClH.Pd/c1-2-17-25-20-26(24-16-10-9-15-23(24)25)18-19-27(21-11-5-3-6-12-21)22-13-7-4-8-14-22;;;/h3-16H,2,17-20H2,1H3;2*1H;/q;;;+2/p-2. The summed E-state index contributed by atoms with van der Waals surface area (Å²) in [5.74, 6) is 0. The average Bonchev–Trinajstić information content (AvgIpc) is 3.14. The van der Waals surface area contributed by atoms with Gasteiger partial charge in [-0.2, -0.15) is 0 Å². The molecule has 3 aromatic carbocycles. The molecule has 0 bridgehead atoms. The minimum atomic E-state index is -0.339. The molecule has 1 aliphatic heterocycles. The van der Waals surface area contributed by atoms with Crippen LogP contribution in [-0.4, -0.2) is 25.9 Å². The molecule has 0 spiro atoms. The molecule has 0 N–H and O–H groups in total. The van der Waals surface area contributed by atoms with Crippen LogP contribution in [0.2, 0.25) is 0 Å². The number of hydrogen-bond acceptors (Lipinski definition) is 2. The normalized spacial score (nSPS) is 12.7. The summed E-state index contributed by atoms with van der Waals surface area (Å²) in [6.45, 7) is 5.49. The second-order valence-electron chi connectivity index (χ2n) is 7.02. The Balaban J connectivity index is 0.000000806. The third-order valence-electron chi connectivity index (χ3n) is 5.13. The predicted molar refractivity (Wildman–Crippen MR) is 132 cm³/mol. The first-order valence-electron chi connectivity index (χ1n) is 10.1. The van der Waals surface area contributed by atoms with Crippen molar-refractivity contribution in [2.75, 3.05) is 35.7 Å². The molecule has 162 valence electrons. The van der Waals surface area contributed by atoms with Crippen LogP contribution in [0.1, 0.15) is 13.3 Å². The van der Waals surface area contributed by atoms with E-state index in [2.05, 4.69) is 102 Å². The number of anilines is 2. The topological polar surface area (TPSA) is 6.48 Å². The van der Waals surface area contributed by atoms with Crippen LogP contribution in [0, 0.1) is 0 Å². The molecule has 30 heavy (non-hydrogen) atoms. The third kappa shape index (κ3) is 6.23. The first-order chi connectivity index (χ1) is 14.8. The quantitative estimate of drug-likeness (QED) is 0.255. The third-order valence-corrected chi connectivity index (χ3v) is 7.62. The Hall–Kier alpha value is -1.07. The summed E-state index contributed by atoms with van der Waals surface area (Å²) in [6, 6.07) is 30.9. The van der Waals surface area contributed by atoms with E-state index in [0.29, 0.717) is 0 Å². The average molecular weight is 552 g/mol. The molecule has 0 fully saturated rings. The Morgan fingerprint density at radius 1 is 0.733 bits per heavy atom. The Labute approximate surface area is 198 Å². The molecule has 6 heteroatoms. The number of rotatable bonds is 7. The summed E-state index contributed by atoms with van der Waals surface area (Å²) in [5.41, 5.74) is 2.78. The van der Waals surface area contributed by atoms with Gasteiger partial charge in [0.15, 0.2) is 0 Å². The molecule has 1 aliphatic rings. The SMILES string of the molecule is CCCN1CN(CCP(c2ccccc2)c2ccccc2)c2ccccc21.[Cl][Pd][Cl]. The van der Waals surface area contributed by atoms with Crippen molar-refractivity contribution < 1.29 is 15.9 Å². The summed E-state index contributed by atoms with van der Waals surface area (Å²) in [7, 11) is 9.29. The van der Waals surface area contributed by atoms with Crippen molar-refractivity contribution in [2.45, 2.75) is 13.3 Å². The Morgan fingerprint density at radius 2 is 1.17 bits per heavy atom. The molecule has 4 rings (SSSR count). The molecule has 0 unspecified atom stereocenters. The van der Waals surface area contributed by atoms with E-state index < -0.39 is 0 Å². The van der Waals surface area contributed by atoms with E-state index in [1.165, 1.54) is 34.6 Å². The zero-order valence-corrected chi connectivity index (χ0v) is 21.0. The molecular formula is C24H27Cl2N2PPd. The zero-order chi connectivity index (χ0) is 21.2. The van der Waals surface area contributed by atoms with Crippen molar-refractivity contribution in [2.24, 2.45) is 0 Å². The van der Waals surface area contributed by atoms with Crippen molar-refractivity contribution in [3.05, 3.63) is 84.9 Å². The molecule has 0 saturated heterocycles. The van der Waals surface area contributed by atoms with Crippen LogP contribution in [0.5, 0.6) is 0 Å². The van der Waals surface area contributed by atoms with Gasteiger partial charge in [0.05, 0.1) is 18.0 Å². The zero-order valence-electron chi connectivity index (χ0n) is 17.0. The molecule has 0 atom stereocenters. The monoisotopic (exact) mass is 550 g/mol. The Kier molecular flexibility index (Phi) is 9.99. The number of benzene rings is 3. The van der Waals surface area contributed by atoms with Gasteiger partial charge in [-0.05, 0) is 43.2 Å². The van der Waals surface area contributed by atoms with E-state index in [0.717, 1.165) is 19.8 Å².